The van der Waals surface area contributed by atoms with Crippen molar-refractivity contribution in [1.29, 1.82) is 0 Å². The summed E-state index contributed by atoms with van der Waals surface area (Å²) in [5, 5.41) is 2.10. The van der Waals surface area contributed by atoms with Gasteiger partial charge in [0.2, 0.25) is 5.78 Å². The number of rotatable bonds is 7. The normalized spacial score (nSPS) is 10.8. The predicted molar refractivity (Wildman–Crippen MR) is 106 cm³/mol. The average molecular weight is 418 g/mol. The van der Waals surface area contributed by atoms with Gasteiger partial charge in [0.1, 0.15) is 5.75 Å². The largest absolute Gasteiger partial charge is 0.484 e. The standard InChI is InChI=1S/C20H20BrNO2S/c1-14-12-17(15(2)22(14)10-9-16-6-5-11-25-16)19(23)13-24-20-8-4-3-7-18(20)21/h3-8,11-12H,9-10,13H2,1-2H3. The van der Waals surface area contributed by atoms with Crippen molar-refractivity contribution >= 4 is 33.0 Å². The summed E-state index contributed by atoms with van der Waals surface area (Å²) in [6.07, 6.45) is 0.981. The number of hydrogen-bond acceptors (Lipinski definition) is 3. The van der Waals surface area contributed by atoms with E-state index >= 15 is 0 Å². The van der Waals surface area contributed by atoms with Crippen molar-refractivity contribution in [2.75, 3.05) is 6.61 Å². The molecule has 5 heteroatoms. The fourth-order valence-electron chi connectivity index (χ4n) is 2.89. The fourth-order valence-corrected chi connectivity index (χ4v) is 3.98. The number of benzene rings is 1. The maximum absolute atomic E-state index is 12.6. The van der Waals surface area contributed by atoms with E-state index in [9.17, 15) is 4.79 Å². The van der Waals surface area contributed by atoms with Gasteiger partial charge in [0.25, 0.3) is 0 Å². The van der Waals surface area contributed by atoms with Crippen molar-refractivity contribution in [3.8, 4) is 5.75 Å². The Morgan fingerprint density at radius 2 is 2.00 bits per heavy atom. The summed E-state index contributed by atoms with van der Waals surface area (Å²) in [4.78, 5) is 14.0. The third-order valence-electron chi connectivity index (χ3n) is 4.23. The minimum absolute atomic E-state index is 0.00577. The second kappa shape index (κ2) is 8.02. The summed E-state index contributed by atoms with van der Waals surface area (Å²) in [5.41, 5.74) is 2.86. The number of thiophene rings is 1. The van der Waals surface area contributed by atoms with Gasteiger partial charge in [0.05, 0.1) is 4.47 Å². The first-order valence-corrected chi connectivity index (χ1v) is 9.83. The fraction of sp³-hybridized carbons (Fsp3) is 0.250. The number of Topliss-reactive ketones (excluding diaryl/α,β-unsaturated/α-hetero) is 1. The molecule has 2 heterocycles. The third kappa shape index (κ3) is 4.22. The smallest absolute Gasteiger partial charge is 0.202 e. The second-order valence-electron chi connectivity index (χ2n) is 5.91. The molecule has 3 rings (SSSR count). The van der Waals surface area contributed by atoms with Gasteiger partial charge in [0, 0.05) is 28.4 Å². The Hall–Kier alpha value is -1.85. The molecule has 0 aliphatic carbocycles. The van der Waals surface area contributed by atoms with E-state index in [1.54, 1.807) is 11.3 Å². The van der Waals surface area contributed by atoms with Gasteiger partial charge in [-0.15, -0.1) is 11.3 Å². The number of nitrogens with zero attached hydrogens (tertiary/aromatic N) is 1. The Morgan fingerprint density at radius 1 is 1.20 bits per heavy atom. The lowest BCUT2D eigenvalue weighted by atomic mass is 10.1. The Morgan fingerprint density at radius 3 is 2.72 bits per heavy atom. The van der Waals surface area contributed by atoms with Gasteiger partial charge in [0.15, 0.2) is 6.61 Å². The van der Waals surface area contributed by atoms with Crippen LogP contribution in [0.2, 0.25) is 0 Å². The van der Waals surface area contributed by atoms with E-state index in [2.05, 4.69) is 38.0 Å². The van der Waals surface area contributed by atoms with Crippen LogP contribution in [-0.2, 0) is 13.0 Å². The highest BCUT2D eigenvalue weighted by Gasteiger charge is 2.16. The van der Waals surface area contributed by atoms with Crippen LogP contribution in [0.15, 0.2) is 52.3 Å². The van der Waals surface area contributed by atoms with Gasteiger partial charge < -0.3 is 9.30 Å². The van der Waals surface area contributed by atoms with Crippen molar-refractivity contribution in [3.05, 3.63) is 74.1 Å². The van der Waals surface area contributed by atoms with E-state index in [0.29, 0.717) is 5.75 Å². The molecule has 0 aliphatic rings. The zero-order valence-electron chi connectivity index (χ0n) is 14.3. The summed E-state index contributed by atoms with van der Waals surface area (Å²) in [5.74, 6) is 0.688. The number of para-hydroxylation sites is 1. The maximum atomic E-state index is 12.6. The summed E-state index contributed by atoms with van der Waals surface area (Å²) >= 11 is 5.20. The van der Waals surface area contributed by atoms with Crippen LogP contribution < -0.4 is 4.74 Å². The highest BCUT2D eigenvalue weighted by molar-refractivity contribution is 9.10. The van der Waals surface area contributed by atoms with Gasteiger partial charge >= 0.3 is 0 Å². The van der Waals surface area contributed by atoms with Crippen LogP contribution in [0.4, 0.5) is 0 Å². The van der Waals surface area contributed by atoms with E-state index in [1.165, 1.54) is 4.88 Å². The highest BCUT2D eigenvalue weighted by Crippen LogP contribution is 2.24. The molecule has 0 spiro atoms. The van der Waals surface area contributed by atoms with Gasteiger partial charge in [-0.1, -0.05) is 18.2 Å². The Kier molecular flexibility index (Phi) is 5.76. The number of aryl methyl sites for hydroxylation is 2. The van der Waals surface area contributed by atoms with Crippen LogP contribution >= 0.6 is 27.3 Å². The zero-order valence-corrected chi connectivity index (χ0v) is 16.7. The van der Waals surface area contributed by atoms with Gasteiger partial charge in [-0.25, -0.2) is 0 Å². The number of ether oxygens (including phenoxy) is 1. The van der Waals surface area contributed by atoms with Gasteiger partial charge in [-0.05, 0) is 65.8 Å². The first-order chi connectivity index (χ1) is 12.1. The molecule has 3 nitrogen and oxygen atoms in total. The second-order valence-corrected chi connectivity index (χ2v) is 7.79. The monoisotopic (exact) mass is 417 g/mol. The summed E-state index contributed by atoms with van der Waals surface area (Å²) < 4.78 is 8.74. The van der Waals surface area contributed by atoms with E-state index in [1.807, 2.05) is 44.2 Å². The molecule has 2 aromatic heterocycles. The van der Waals surface area contributed by atoms with Gasteiger partial charge in [-0.3, -0.25) is 4.79 Å². The number of aromatic nitrogens is 1. The van der Waals surface area contributed by atoms with Crippen LogP contribution in [0.1, 0.15) is 26.6 Å². The third-order valence-corrected chi connectivity index (χ3v) is 5.82. The van der Waals surface area contributed by atoms with Crippen LogP contribution in [0.3, 0.4) is 0 Å². The molecule has 0 atom stereocenters. The molecule has 0 saturated heterocycles. The molecule has 0 N–H and O–H groups in total. The van der Waals surface area contributed by atoms with Crippen LogP contribution in [0.5, 0.6) is 5.75 Å². The van der Waals surface area contributed by atoms with E-state index in [-0.39, 0.29) is 12.4 Å². The summed E-state index contributed by atoms with van der Waals surface area (Å²) in [7, 11) is 0. The zero-order chi connectivity index (χ0) is 17.8. The lowest BCUT2D eigenvalue weighted by Crippen LogP contribution is -2.13. The number of hydrogen-bond donors (Lipinski definition) is 0. The van der Waals surface area contributed by atoms with E-state index < -0.39 is 0 Å². The number of halogens is 1. The van der Waals surface area contributed by atoms with Crippen LogP contribution in [0.25, 0.3) is 0 Å². The molecular weight excluding hydrogens is 398 g/mol. The quantitative estimate of drug-likeness (QED) is 0.479. The molecule has 0 unspecified atom stereocenters. The van der Waals surface area contributed by atoms with Crippen molar-refractivity contribution in [2.45, 2.75) is 26.8 Å². The number of ketones is 1. The Labute approximate surface area is 160 Å². The summed E-state index contributed by atoms with van der Waals surface area (Å²) in [6.45, 7) is 4.98. The molecule has 0 saturated carbocycles. The molecule has 0 aliphatic heterocycles. The van der Waals surface area contributed by atoms with Gasteiger partial charge in [-0.2, -0.15) is 0 Å². The molecule has 130 valence electrons. The van der Waals surface area contributed by atoms with Crippen molar-refractivity contribution in [3.63, 3.8) is 0 Å². The predicted octanol–water partition coefficient (Wildman–Crippen LogP) is 5.43. The van der Waals surface area contributed by atoms with Crippen LogP contribution in [-0.4, -0.2) is 17.0 Å². The van der Waals surface area contributed by atoms with Crippen molar-refractivity contribution in [1.82, 2.24) is 4.57 Å². The Balaban J connectivity index is 1.68. The van der Waals surface area contributed by atoms with Crippen LogP contribution in [0, 0.1) is 13.8 Å². The molecule has 0 bridgehead atoms. The topological polar surface area (TPSA) is 31.2 Å². The lowest BCUT2D eigenvalue weighted by Gasteiger charge is -2.10. The van der Waals surface area contributed by atoms with Crippen molar-refractivity contribution < 1.29 is 9.53 Å². The molecule has 1 aromatic carbocycles. The van der Waals surface area contributed by atoms with Crippen molar-refractivity contribution in [2.24, 2.45) is 0 Å². The summed E-state index contributed by atoms with van der Waals surface area (Å²) in [6, 6.07) is 13.7. The Bertz CT molecular complexity index is 868. The minimum atomic E-state index is 0.00577. The average Bonchev–Trinajstić information content (AvgIpc) is 3.21. The first-order valence-electron chi connectivity index (χ1n) is 8.16. The molecule has 0 fully saturated rings. The molecule has 3 aromatic rings. The minimum Gasteiger partial charge on any atom is -0.484 e. The molecular formula is C20H20BrNO2S. The van der Waals surface area contributed by atoms with E-state index in [4.69, 9.17) is 4.74 Å². The first kappa shape index (κ1) is 18.0. The van der Waals surface area contributed by atoms with E-state index in [0.717, 1.165) is 34.4 Å². The molecule has 25 heavy (non-hydrogen) atoms. The number of carbonyl (C=O) groups excluding carboxylic acids is 1. The number of carbonyl (C=O) groups is 1. The SMILES string of the molecule is Cc1cc(C(=O)COc2ccccc2Br)c(C)n1CCc1cccs1. The molecule has 0 amide bonds. The highest BCUT2D eigenvalue weighted by atomic mass is 79.9. The molecule has 0 radical (unpaired) electrons. The maximum Gasteiger partial charge on any atom is 0.202 e. The lowest BCUT2D eigenvalue weighted by molar-refractivity contribution is 0.0920.